The van der Waals surface area contributed by atoms with E-state index in [4.69, 9.17) is 5.73 Å². The second-order valence-electron chi connectivity index (χ2n) is 4.09. The van der Waals surface area contributed by atoms with Crippen molar-refractivity contribution >= 4 is 27.7 Å². The molecular weight excluding hydrogens is 270 g/mol. The van der Waals surface area contributed by atoms with Crippen molar-refractivity contribution in [1.82, 2.24) is 4.98 Å². The Bertz CT molecular complexity index is 393. The molecule has 1 aliphatic rings. The topological polar surface area (TPSA) is 68.0 Å². The highest BCUT2D eigenvalue weighted by molar-refractivity contribution is 9.10. The molecule has 1 atom stereocenters. The first-order valence-corrected chi connectivity index (χ1v) is 6.12. The van der Waals surface area contributed by atoms with Gasteiger partial charge in [0.2, 0.25) is 5.91 Å². The summed E-state index contributed by atoms with van der Waals surface area (Å²) >= 11 is 3.32. The average Bonchev–Trinajstić information content (AvgIpc) is 3.04. The Morgan fingerprint density at radius 2 is 2.44 bits per heavy atom. The van der Waals surface area contributed by atoms with Gasteiger partial charge in [0.05, 0.1) is 4.47 Å². The van der Waals surface area contributed by atoms with E-state index >= 15 is 0 Å². The fourth-order valence-electron chi connectivity index (χ4n) is 1.57. The number of hydrogen-bond donors (Lipinski definition) is 2. The predicted molar refractivity (Wildman–Crippen MR) is 65.9 cm³/mol. The first kappa shape index (κ1) is 11.5. The first-order valence-electron chi connectivity index (χ1n) is 5.33. The minimum atomic E-state index is -0.0706. The van der Waals surface area contributed by atoms with Crippen molar-refractivity contribution in [2.24, 2.45) is 11.7 Å². The molecule has 16 heavy (non-hydrogen) atoms. The molecule has 0 bridgehead atoms. The third-order valence-corrected chi connectivity index (χ3v) is 3.30. The van der Waals surface area contributed by atoms with E-state index in [1.807, 2.05) is 6.07 Å². The van der Waals surface area contributed by atoms with Gasteiger partial charge in [0, 0.05) is 18.7 Å². The van der Waals surface area contributed by atoms with Crippen molar-refractivity contribution in [1.29, 1.82) is 0 Å². The molecule has 1 saturated carbocycles. The van der Waals surface area contributed by atoms with Gasteiger partial charge in [-0.15, -0.1) is 0 Å². The second-order valence-corrected chi connectivity index (χ2v) is 4.94. The van der Waals surface area contributed by atoms with Gasteiger partial charge in [0.15, 0.2) is 0 Å². The van der Waals surface area contributed by atoms with Gasteiger partial charge in [0.1, 0.15) is 5.82 Å². The molecule has 5 heteroatoms. The number of amides is 1. The lowest BCUT2D eigenvalue weighted by molar-refractivity contribution is -0.116. The summed E-state index contributed by atoms with van der Waals surface area (Å²) in [6.07, 6.45) is 4.32. The molecule has 1 aliphatic carbocycles. The fraction of sp³-hybridized carbons (Fsp3) is 0.455. The normalized spacial score (nSPS) is 16.9. The highest BCUT2D eigenvalue weighted by Crippen LogP contribution is 2.32. The predicted octanol–water partition coefficient (Wildman–Crippen LogP) is 1.91. The summed E-state index contributed by atoms with van der Waals surface area (Å²) in [5.74, 6) is 1.02. The van der Waals surface area contributed by atoms with Gasteiger partial charge in [-0.3, -0.25) is 4.79 Å². The highest BCUT2D eigenvalue weighted by atomic mass is 79.9. The van der Waals surface area contributed by atoms with Crippen LogP contribution in [0.15, 0.2) is 22.8 Å². The third-order valence-electron chi connectivity index (χ3n) is 2.66. The summed E-state index contributed by atoms with van der Waals surface area (Å²) in [5.41, 5.74) is 5.88. The summed E-state index contributed by atoms with van der Waals surface area (Å²) in [6.45, 7) is 0. The number of carbonyl (C=O) groups is 1. The van der Waals surface area contributed by atoms with Gasteiger partial charge < -0.3 is 11.1 Å². The number of carbonyl (C=O) groups excluding carboxylic acids is 1. The highest BCUT2D eigenvalue weighted by Gasteiger charge is 2.29. The molecule has 4 nitrogen and oxygen atoms in total. The largest absolute Gasteiger partial charge is 0.327 e. The Morgan fingerprint density at radius 3 is 3.06 bits per heavy atom. The smallest absolute Gasteiger partial charge is 0.227 e. The number of anilines is 1. The van der Waals surface area contributed by atoms with E-state index in [9.17, 15) is 4.79 Å². The minimum Gasteiger partial charge on any atom is -0.327 e. The van der Waals surface area contributed by atoms with Crippen LogP contribution in [0.2, 0.25) is 0 Å². The van der Waals surface area contributed by atoms with Crippen LogP contribution in [0, 0.1) is 5.92 Å². The monoisotopic (exact) mass is 283 g/mol. The standard InChI is InChI=1S/C11H14BrN3O/c12-8-2-1-5-14-11(8)15-10(16)6-9(13)7-3-4-7/h1-2,5,7,9H,3-4,6,13H2,(H,14,15,16). The van der Waals surface area contributed by atoms with Gasteiger partial charge >= 0.3 is 0 Å². The average molecular weight is 284 g/mol. The van der Waals surface area contributed by atoms with E-state index in [2.05, 4.69) is 26.2 Å². The summed E-state index contributed by atoms with van der Waals surface area (Å²) in [6, 6.07) is 3.63. The van der Waals surface area contributed by atoms with Crippen LogP contribution in [0.25, 0.3) is 0 Å². The molecule has 2 rings (SSSR count). The van der Waals surface area contributed by atoms with Crippen molar-refractivity contribution < 1.29 is 4.79 Å². The Kier molecular flexibility index (Phi) is 3.56. The van der Waals surface area contributed by atoms with E-state index in [1.54, 1.807) is 12.3 Å². The lowest BCUT2D eigenvalue weighted by Gasteiger charge is -2.10. The number of pyridine rings is 1. The van der Waals surface area contributed by atoms with Crippen LogP contribution in [-0.2, 0) is 4.79 Å². The molecule has 1 unspecified atom stereocenters. The van der Waals surface area contributed by atoms with Crippen LogP contribution in [0.3, 0.4) is 0 Å². The fourth-order valence-corrected chi connectivity index (χ4v) is 1.92. The van der Waals surface area contributed by atoms with Crippen LogP contribution in [0.1, 0.15) is 19.3 Å². The number of halogens is 1. The maximum atomic E-state index is 11.7. The van der Waals surface area contributed by atoms with Crippen molar-refractivity contribution in [3.05, 3.63) is 22.8 Å². The molecule has 1 amide bonds. The molecular formula is C11H14BrN3O. The second kappa shape index (κ2) is 4.93. The number of rotatable bonds is 4. The third kappa shape index (κ3) is 3.02. The summed E-state index contributed by atoms with van der Waals surface area (Å²) in [4.78, 5) is 15.7. The van der Waals surface area contributed by atoms with Gasteiger partial charge in [-0.2, -0.15) is 0 Å². The Balaban J connectivity index is 1.89. The van der Waals surface area contributed by atoms with Crippen molar-refractivity contribution in [3.63, 3.8) is 0 Å². The van der Waals surface area contributed by atoms with Crippen molar-refractivity contribution in [3.8, 4) is 0 Å². The molecule has 0 radical (unpaired) electrons. The van der Waals surface area contributed by atoms with Crippen molar-refractivity contribution in [2.75, 3.05) is 5.32 Å². The van der Waals surface area contributed by atoms with Crippen LogP contribution in [0.4, 0.5) is 5.82 Å². The van der Waals surface area contributed by atoms with Crippen LogP contribution in [0.5, 0.6) is 0 Å². The molecule has 0 spiro atoms. The Hall–Kier alpha value is -0.940. The minimum absolute atomic E-state index is 0.0116. The maximum Gasteiger partial charge on any atom is 0.227 e. The van der Waals surface area contributed by atoms with Crippen LogP contribution in [-0.4, -0.2) is 16.9 Å². The number of aromatic nitrogens is 1. The molecule has 3 N–H and O–H groups in total. The molecule has 0 saturated heterocycles. The lowest BCUT2D eigenvalue weighted by Crippen LogP contribution is -2.29. The zero-order valence-electron chi connectivity index (χ0n) is 8.82. The van der Waals surface area contributed by atoms with Crippen LogP contribution >= 0.6 is 15.9 Å². The van der Waals surface area contributed by atoms with E-state index in [0.717, 1.165) is 17.3 Å². The van der Waals surface area contributed by atoms with Crippen LogP contribution < -0.4 is 11.1 Å². The van der Waals surface area contributed by atoms with Crippen molar-refractivity contribution in [2.45, 2.75) is 25.3 Å². The van der Waals surface area contributed by atoms with Gasteiger partial charge in [0.25, 0.3) is 0 Å². The van der Waals surface area contributed by atoms with Gasteiger partial charge in [-0.1, -0.05) is 0 Å². The Labute approximate surface area is 103 Å². The number of nitrogens with two attached hydrogens (primary N) is 1. The summed E-state index contributed by atoms with van der Waals surface area (Å²) < 4.78 is 0.781. The SMILES string of the molecule is NC(CC(=O)Nc1ncccc1Br)C1CC1. The molecule has 1 fully saturated rings. The molecule has 1 aromatic rings. The molecule has 0 aromatic carbocycles. The first-order chi connectivity index (χ1) is 7.66. The number of nitrogens with zero attached hydrogens (tertiary/aromatic N) is 1. The zero-order chi connectivity index (χ0) is 11.5. The summed E-state index contributed by atoms with van der Waals surface area (Å²) in [5, 5.41) is 2.75. The molecule has 0 aliphatic heterocycles. The number of hydrogen-bond acceptors (Lipinski definition) is 3. The quantitative estimate of drug-likeness (QED) is 0.887. The van der Waals surface area contributed by atoms with Gasteiger partial charge in [-0.25, -0.2) is 4.98 Å². The maximum absolute atomic E-state index is 11.7. The molecule has 1 heterocycles. The Morgan fingerprint density at radius 1 is 1.69 bits per heavy atom. The van der Waals surface area contributed by atoms with E-state index < -0.39 is 0 Å². The number of nitrogens with one attached hydrogen (secondary N) is 1. The van der Waals surface area contributed by atoms with E-state index in [1.165, 1.54) is 0 Å². The lowest BCUT2D eigenvalue weighted by atomic mass is 10.1. The molecule has 86 valence electrons. The van der Waals surface area contributed by atoms with Gasteiger partial charge in [-0.05, 0) is 46.8 Å². The zero-order valence-corrected chi connectivity index (χ0v) is 10.4. The summed E-state index contributed by atoms with van der Waals surface area (Å²) in [7, 11) is 0. The van der Waals surface area contributed by atoms with E-state index in [-0.39, 0.29) is 11.9 Å². The van der Waals surface area contributed by atoms with E-state index in [0.29, 0.717) is 18.2 Å². The molecule has 1 aromatic heterocycles.